The highest BCUT2D eigenvalue weighted by Crippen LogP contribution is 2.24. The molecule has 0 aliphatic heterocycles. The summed E-state index contributed by atoms with van der Waals surface area (Å²) in [6.07, 6.45) is 0. The summed E-state index contributed by atoms with van der Waals surface area (Å²) in [4.78, 5) is 1.81. The molecule has 0 unspecified atom stereocenters. The highest BCUT2D eigenvalue weighted by atomic mass is 127. The summed E-state index contributed by atoms with van der Waals surface area (Å²) >= 11 is 2.27. The van der Waals surface area contributed by atoms with Gasteiger partial charge in [-0.3, -0.25) is 5.41 Å². The molecule has 0 bridgehead atoms. The molecule has 0 aliphatic carbocycles. The lowest BCUT2D eigenvalue weighted by Gasteiger charge is -2.24. The average Bonchev–Trinajstić information content (AvgIpc) is 2.44. The zero-order valence-electron chi connectivity index (χ0n) is 13.2. The number of guanidine groups is 1. The second kappa shape index (κ2) is 6.69. The molecular weight excluding hydrogens is 385 g/mol. The number of nitrogens with two attached hydrogens (primary N) is 1. The Bertz CT molecular complexity index is 657. The van der Waals surface area contributed by atoms with Crippen LogP contribution in [0.4, 0.5) is 5.69 Å². The third-order valence-corrected chi connectivity index (χ3v) is 4.24. The monoisotopic (exact) mass is 407 g/mol. The Morgan fingerprint density at radius 2 is 1.77 bits per heavy atom. The van der Waals surface area contributed by atoms with Crippen molar-refractivity contribution >= 4 is 34.2 Å². The van der Waals surface area contributed by atoms with Gasteiger partial charge in [-0.2, -0.15) is 0 Å². The summed E-state index contributed by atoms with van der Waals surface area (Å²) < 4.78 is 1.13. The molecule has 2 aromatic carbocycles. The predicted molar refractivity (Wildman–Crippen MR) is 102 cm³/mol. The molecule has 0 fully saturated rings. The van der Waals surface area contributed by atoms with Gasteiger partial charge in [0.2, 0.25) is 0 Å². The van der Waals surface area contributed by atoms with E-state index in [-0.39, 0.29) is 11.4 Å². The van der Waals surface area contributed by atoms with Crippen LogP contribution in [0.2, 0.25) is 0 Å². The zero-order chi connectivity index (χ0) is 16.3. The van der Waals surface area contributed by atoms with Gasteiger partial charge in [0.15, 0.2) is 5.96 Å². The molecule has 0 heterocycles. The van der Waals surface area contributed by atoms with E-state index >= 15 is 0 Å². The van der Waals surface area contributed by atoms with Crippen LogP contribution in [-0.2, 0) is 12.0 Å². The first kappa shape index (κ1) is 16.8. The van der Waals surface area contributed by atoms with Gasteiger partial charge in [-0.25, -0.2) is 0 Å². The fourth-order valence-corrected chi connectivity index (χ4v) is 2.78. The van der Waals surface area contributed by atoms with Gasteiger partial charge in [-0.05, 0) is 57.3 Å². The quantitative estimate of drug-likeness (QED) is 0.448. The third-order valence-electron chi connectivity index (χ3n) is 3.57. The summed E-state index contributed by atoms with van der Waals surface area (Å²) in [6.45, 7) is 7.21. The van der Waals surface area contributed by atoms with Gasteiger partial charge in [-0.1, -0.05) is 51.1 Å². The number of hydrogen-bond donors (Lipinski definition) is 2. The Morgan fingerprint density at radius 3 is 2.27 bits per heavy atom. The van der Waals surface area contributed by atoms with Crippen molar-refractivity contribution in [2.45, 2.75) is 32.7 Å². The number of anilines is 1. The number of hydrogen-bond acceptors (Lipinski definition) is 1. The Balaban J connectivity index is 2.24. The van der Waals surface area contributed by atoms with E-state index in [0.29, 0.717) is 6.54 Å². The molecule has 3 N–H and O–H groups in total. The minimum atomic E-state index is 0.0573. The van der Waals surface area contributed by atoms with Crippen molar-refractivity contribution in [3.8, 4) is 0 Å². The van der Waals surface area contributed by atoms with Gasteiger partial charge in [0, 0.05) is 9.26 Å². The summed E-state index contributed by atoms with van der Waals surface area (Å²) in [5, 5.41) is 7.85. The van der Waals surface area contributed by atoms with Gasteiger partial charge in [0.25, 0.3) is 0 Å². The molecule has 0 spiro atoms. The lowest BCUT2D eigenvalue weighted by Crippen LogP contribution is -2.36. The molecule has 22 heavy (non-hydrogen) atoms. The van der Waals surface area contributed by atoms with Crippen molar-refractivity contribution in [2.24, 2.45) is 5.73 Å². The predicted octanol–water partition coefficient (Wildman–Crippen LogP) is 4.49. The topological polar surface area (TPSA) is 53.1 Å². The van der Waals surface area contributed by atoms with Gasteiger partial charge < -0.3 is 10.6 Å². The van der Waals surface area contributed by atoms with E-state index in [1.807, 2.05) is 29.2 Å². The van der Waals surface area contributed by atoms with Gasteiger partial charge in [-0.15, -0.1) is 0 Å². The Hall–Kier alpha value is -1.56. The van der Waals surface area contributed by atoms with Crippen molar-refractivity contribution in [1.29, 1.82) is 5.41 Å². The maximum atomic E-state index is 7.85. The Kier molecular flexibility index (Phi) is 5.11. The van der Waals surface area contributed by atoms with Crippen LogP contribution in [0.5, 0.6) is 0 Å². The summed E-state index contributed by atoms with van der Waals surface area (Å²) in [5.41, 5.74) is 9.31. The normalized spacial score (nSPS) is 11.3. The van der Waals surface area contributed by atoms with E-state index in [0.717, 1.165) is 14.8 Å². The van der Waals surface area contributed by atoms with Gasteiger partial charge in [0.05, 0.1) is 6.54 Å². The first-order valence-electron chi connectivity index (χ1n) is 7.24. The molecule has 0 saturated heterocycles. The smallest absolute Gasteiger partial charge is 0.193 e. The third kappa shape index (κ3) is 4.22. The maximum Gasteiger partial charge on any atom is 0.193 e. The van der Waals surface area contributed by atoms with Crippen molar-refractivity contribution < 1.29 is 0 Å². The average molecular weight is 407 g/mol. The minimum Gasteiger partial charge on any atom is -0.370 e. The number of rotatable bonds is 3. The molecule has 116 valence electrons. The number of nitrogens with one attached hydrogen (secondary N) is 1. The van der Waals surface area contributed by atoms with Crippen molar-refractivity contribution in [1.82, 2.24) is 0 Å². The van der Waals surface area contributed by atoms with E-state index in [4.69, 9.17) is 11.1 Å². The summed E-state index contributed by atoms with van der Waals surface area (Å²) in [7, 11) is 0. The van der Waals surface area contributed by atoms with E-state index in [2.05, 4.69) is 67.6 Å². The molecule has 0 radical (unpaired) electrons. The molecule has 0 amide bonds. The SMILES string of the molecule is CC(C)(C)c1ccc(CN(C(=N)N)c2cccc(I)c2)cc1. The lowest BCUT2D eigenvalue weighted by atomic mass is 9.87. The Morgan fingerprint density at radius 1 is 1.14 bits per heavy atom. The van der Waals surface area contributed by atoms with Crippen LogP contribution in [0, 0.1) is 8.98 Å². The first-order valence-corrected chi connectivity index (χ1v) is 8.32. The highest BCUT2D eigenvalue weighted by molar-refractivity contribution is 14.1. The fraction of sp³-hybridized carbons (Fsp3) is 0.278. The molecule has 2 aromatic rings. The molecule has 3 nitrogen and oxygen atoms in total. The van der Waals surface area contributed by atoms with Crippen LogP contribution in [0.15, 0.2) is 48.5 Å². The first-order chi connectivity index (χ1) is 10.3. The highest BCUT2D eigenvalue weighted by Gasteiger charge is 2.14. The summed E-state index contributed by atoms with van der Waals surface area (Å²) in [6, 6.07) is 16.6. The largest absolute Gasteiger partial charge is 0.370 e. The van der Waals surface area contributed by atoms with Gasteiger partial charge in [0.1, 0.15) is 0 Å². The zero-order valence-corrected chi connectivity index (χ0v) is 15.4. The standard InChI is InChI=1S/C18H22IN3/c1-18(2,3)14-9-7-13(8-10-14)12-22(17(20)21)16-6-4-5-15(19)11-16/h4-11H,12H2,1-3H3,(H3,20,21). The van der Waals surface area contributed by atoms with Crippen LogP contribution in [0.1, 0.15) is 31.9 Å². The van der Waals surface area contributed by atoms with Crippen LogP contribution in [-0.4, -0.2) is 5.96 Å². The number of benzene rings is 2. The van der Waals surface area contributed by atoms with E-state index in [1.54, 1.807) is 0 Å². The van der Waals surface area contributed by atoms with Crippen LogP contribution >= 0.6 is 22.6 Å². The molecule has 0 saturated carbocycles. The molecule has 0 aromatic heterocycles. The molecule has 0 atom stereocenters. The fourth-order valence-electron chi connectivity index (χ4n) is 2.25. The van der Waals surface area contributed by atoms with Crippen molar-refractivity contribution in [3.63, 3.8) is 0 Å². The second-order valence-electron chi connectivity index (χ2n) is 6.40. The van der Waals surface area contributed by atoms with Crippen LogP contribution < -0.4 is 10.6 Å². The van der Waals surface area contributed by atoms with Crippen molar-refractivity contribution in [2.75, 3.05) is 4.90 Å². The lowest BCUT2D eigenvalue weighted by molar-refractivity contribution is 0.590. The summed E-state index contributed by atoms with van der Waals surface area (Å²) in [5.74, 6) is 0.0573. The van der Waals surface area contributed by atoms with Crippen molar-refractivity contribution in [3.05, 3.63) is 63.2 Å². The van der Waals surface area contributed by atoms with Gasteiger partial charge >= 0.3 is 0 Å². The molecule has 4 heteroatoms. The van der Waals surface area contributed by atoms with E-state index in [1.165, 1.54) is 5.56 Å². The molecular formula is C18H22IN3. The Labute approximate surface area is 146 Å². The maximum absolute atomic E-state index is 7.85. The second-order valence-corrected chi connectivity index (χ2v) is 7.64. The van der Waals surface area contributed by atoms with Crippen LogP contribution in [0.3, 0.4) is 0 Å². The minimum absolute atomic E-state index is 0.0573. The molecule has 0 aliphatic rings. The molecule has 2 rings (SSSR count). The van der Waals surface area contributed by atoms with E-state index in [9.17, 15) is 0 Å². The van der Waals surface area contributed by atoms with E-state index < -0.39 is 0 Å². The number of nitrogens with zero attached hydrogens (tertiary/aromatic N) is 1. The van der Waals surface area contributed by atoms with Crippen LogP contribution in [0.25, 0.3) is 0 Å². The number of halogens is 1.